The minimum Gasteiger partial charge on any atom is -0.478 e. The van der Waals surface area contributed by atoms with Gasteiger partial charge in [0.15, 0.2) is 0 Å². The van der Waals surface area contributed by atoms with Crippen LogP contribution < -0.4 is 4.90 Å². The summed E-state index contributed by atoms with van der Waals surface area (Å²) in [5, 5.41) is 9.15. The van der Waals surface area contributed by atoms with Crippen LogP contribution in [0.4, 0.5) is 16.2 Å². The summed E-state index contributed by atoms with van der Waals surface area (Å²) < 4.78 is 5.45. The molecule has 0 saturated carbocycles. The standard InChI is InChI=1S/C18H19NO4/c1-18(2,3)23-17(22)19(14-9-5-4-6-10-14)15-11-7-8-13(12-15)16(20)21/h4-12H,1-3H3,(H,20,21). The van der Waals surface area contributed by atoms with Crippen molar-refractivity contribution in [2.24, 2.45) is 0 Å². The molecule has 23 heavy (non-hydrogen) atoms. The van der Waals surface area contributed by atoms with Crippen LogP contribution in [-0.4, -0.2) is 22.8 Å². The Balaban J connectivity index is 2.48. The quantitative estimate of drug-likeness (QED) is 0.908. The number of hydrogen-bond acceptors (Lipinski definition) is 3. The molecule has 0 radical (unpaired) electrons. The third-order valence-corrected chi connectivity index (χ3v) is 2.94. The number of carboxylic acids is 1. The number of amides is 1. The van der Waals surface area contributed by atoms with E-state index in [1.807, 2.05) is 6.07 Å². The second kappa shape index (κ2) is 6.52. The van der Waals surface area contributed by atoms with Gasteiger partial charge in [-0.1, -0.05) is 24.3 Å². The van der Waals surface area contributed by atoms with Crippen LogP contribution in [0.5, 0.6) is 0 Å². The van der Waals surface area contributed by atoms with E-state index < -0.39 is 17.7 Å². The second-order valence-electron chi connectivity index (χ2n) is 6.01. The van der Waals surface area contributed by atoms with Crippen LogP contribution in [0.15, 0.2) is 54.6 Å². The monoisotopic (exact) mass is 313 g/mol. The zero-order chi connectivity index (χ0) is 17.0. The Labute approximate surface area is 135 Å². The highest BCUT2D eigenvalue weighted by Crippen LogP contribution is 2.28. The first-order valence-electron chi connectivity index (χ1n) is 7.19. The number of aromatic carboxylic acids is 1. The second-order valence-corrected chi connectivity index (χ2v) is 6.01. The summed E-state index contributed by atoms with van der Waals surface area (Å²) in [6.07, 6.45) is -0.564. The fraction of sp³-hybridized carbons (Fsp3) is 0.222. The van der Waals surface area contributed by atoms with E-state index in [0.29, 0.717) is 11.4 Å². The minimum absolute atomic E-state index is 0.104. The van der Waals surface area contributed by atoms with Crippen LogP contribution in [0.3, 0.4) is 0 Å². The highest BCUT2D eigenvalue weighted by Gasteiger charge is 2.25. The molecule has 0 saturated heterocycles. The van der Waals surface area contributed by atoms with Crippen molar-refractivity contribution in [3.05, 3.63) is 60.2 Å². The average molecular weight is 313 g/mol. The molecule has 5 heteroatoms. The largest absolute Gasteiger partial charge is 0.478 e. The number of ether oxygens (including phenoxy) is 1. The van der Waals surface area contributed by atoms with Gasteiger partial charge in [0, 0.05) is 0 Å². The Kier molecular flexibility index (Phi) is 4.69. The molecule has 2 aromatic carbocycles. The first-order chi connectivity index (χ1) is 10.8. The van der Waals surface area contributed by atoms with E-state index in [4.69, 9.17) is 9.84 Å². The van der Waals surface area contributed by atoms with Crippen LogP contribution in [0.2, 0.25) is 0 Å². The van der Waals surface area contributed by atoms with E-state index in [-0.39, 0.29) is 5.56 Å². The fourth-order valence-electron chi connectivity index (χ4n) is 2.02. The third kappa shape index (κ3) is 4.32. The molecule has 1 N–H and O–H groups in total. The maximum atomic E-state index is 12.6. The molecule has 0 aliphatic rings. The molecule has 0 fully saturated rings. The maximum absolute atomic E-state index is 12.6. The molecule has 0 bridgehead atoms. The molecule has 0 aliphatic heterocycles. The van der Waals surface area contributed by atoms with Crippen LogP contribution >= 0.6 is 0 Å². The number of carboxylic acid groups (broad SMARTS) is 1. The van der Waals surface area contributed by atoms with Gasteiger partial charge in [0.2, 0.25) is 0 Å². The molecule has 2 rings (SSSR count). The Bertz CT molecular complexity index is 704. The topological polar surface area (TPSA) is 66.8 Å². The lowest BCUT2D eigenvalue weighted by molar-refractivity contribution is 0.0597. The lowest BCUT2D eigenvalue weighted by Crippen LogP contribution is -2.33. The van der Waals surface area contributed by atoms with Gasteiger partial charge in [-0.2, -0.15) is 0 Å². The molecule has 0 unspecified atom stereocenters. The molecular formula is C18H19NO4. The van der Waals surface area contributed by atoms with Crippen molar-refractivity contribution < 1.29 is 19.4 Å². The summed E-state index contributed by atoms with van der Waals surface area (Å²) in [7, 11) is 0. The third-order valence-electron chi connectivity index (χ3n) is 2.94. The Hall–Kier alpha value is -2.82. The van der Waals surface area contributed by atoms with Gasteiger partial charge in [0.25, 0.3) is 0 Å². The van der Waals surface area contributed by atoms with E-state index in [1.54, 1.807) is 57.2 Å². The zero-order valence-corrected chi connectivity index (χ0v) is 13.3. The smallest absolute Gasteiger partial charge is 0.419 e. The van der Waals surface area contributed by atoms with Crippen LogP contribution in [-0.2, 0) is 4.74 Å². The van der Waals surface area contributed by atoms with Crippen LogP contribution in [0.25, 0.3) is 0 Å². The van der Waals surface area contributed by atoms with Gasteiger partial charge in [0.1, 0.15) is 5.60 Å². The number of para-hydroxylation sites is 1. The number of carbonyl (C=O) groups is 2. The van der Waals surface area contributed by atoms with E-state index in [1.165, 1.54) is 17.0 Å². The van der Waals surface area contributed by atoms with Gasteiger partial charge in [-0.05, 0) is 51.1 Å². The summed E-state index contributed by atoms with van der Waals surface area (Å²) in [5.41, 5.74) is 0.482. The number of rotatable bonds is 3. The van der Waals surface area contributed by atoms with Gasteiger partial charge in [-0.15, -0.1) is 0 Å². The highest BCUT2D eigenvalue weighted by molar-refractivity contribution is 5.98. The van der Waals surface area contributed by atoms with Crippen molar-refractivity contribution >= 4 is 23.4 Å². The van der Waals surface area contributed by atoms with Gasteiger partial charge in [0.05, 0.1) is 16.9 Å². The normalized spacial score (nSPS) is 10.9. The SMILES string of the molecule is CC(C)(C)OC(=O)N(c1ccccc1)c1cccc(C(=O)O)c1. The molecule has 120 valence electrons. The molecule has 0 spiro atoms. The molecule has 0 aromatic heterocycles. The Morgan fingerprint density at radius 1 is 0.957 bits per heavy atom. The van der Waals surface area contributed by atoms with Gasteiger partial charge >= 0.3 is 12.1 Å². The lowest BCUT2D eigenvalue weighted by atomic mass is 10.1. The van der Waals surface area contributed by atoms with Crippen molar-refractivity contribution in [3.8, 4) is 0 Å². The average Bonchev–Trinajstić information content (AvgIpc) is 2.47. The van der Waals surface area contributed by atoms with Crippen LogP contribution in [0, 0.1) is 0 Å². The summed E-state index contributed by atoms with van der Waals surface area (Å²) in [4.78, 5) is 25.1. The van der Waals surface area contributed by atoms with Crippen LogP contribution in [0.1, 0.15) is 31.1 Å². The lowest BCUT2D eigenvalue weighted by Gasteiger charge is -2.27. The van der Waals surface area contributed by atoms with Crippen molar-refractivity contribution in [3.63, 3.8) is 0 Å². The molecule has 0 atom stereocenters. The highest BCUT2D eigenvalue weighted by atomic mass is 16.6. The molecule has 1 amide bonds. The Morgan fingerprint density at radius 2 is 1.57 bits per heavy atom. The summed E-state index contributed by atoms with van der Waals surface area (Å²) in [5.74, 6) is -1.05. The minimum atomic E-state index is -1.05. The fourth-order valence-corrected chi connectivity index (χ4v) is 2.02. The van der Waals surface area contributed by atoms with Crippen molar-refractivity contribution in [1.29, 1.82) is 0 Å². The van der Waals surface area contributed by atoms with Gasteiger partial charge < -0.3 is 9.84 Å². The molecule has 0 aliphatic carbocycles. The van der Waals surface area contributed by atoms with E-state index >= 15 is 0 Å². The van der Waals surface area contributed by atoms with E-state index in [0.717, 1.165) is 0 Å². The van der Waals surface area contributed by atoms with Gasteiger partial charge in [-0.25, -0.2) is 14.5 Å². The zero-order valence-electron chi connectivity index (χ0n) is 13.3. The van der Waals surface area contributed by atoms with Crippen molar-refractivity contribution in [2.45, 2.75) is 26.4 Å². The van der Waals surface area contributed by atoms with E-state index in [9.17, 15) is 9.59 Å². The first-order valence-corrected chi connectivity index (χ1v) is 7.19. The Morgan fingerprint density at radius 3 is 2.13 bits per heavy atom. The number of benzene rings is 2. The first kappa shape index (κ1) is 16.5. The predicted octanol–water partition coefficient (Wildman–Crippen LogP) is 4.46. The maximum Gasteiger partial charge on any atom is 0.419 e. The summed E-state index contributed by atoms with van der Waals surface area (Å²) >= 11 is 0. The summed E-state index contributed by atoms with van der Waals surface area (Å²) in [6.45, 7) is 5.34. The number of anilines is 2. The van der Waals surface area contributed by atoms with E-state index in [2.05, 4.69) is 0 Å². The molecular weight excluding hydrogens is 294 g/mol. The number of hydrogen-bond donors (Lipinski definition) is 1. The van der Waals surface area contributed by atoms with Crippen molar-refractivity contribution in [2.75, 3.05) is 4.90 Å². The predicted molar refractivity (Wildman–Crippen MR) is 88.2 cm³/mol. The van der Waals surface area contributed by atoms with Gasteiger partial charge in [-0.3, -0.25) is 0 Å². The summed E-state index contributed by atoms with van der Waals surface area (Å²) in [6, 6.07) is 15.1. The van der Waals surface area contributed by atoms with Crippen molar-refractivity contribution in [1.82, 2.24) is 0 Å². The number of carbonyl (C=O) groups excluding carboxylic acids is 1. The molecule has 0 heterocycles. The number of nitrogens with zero attached hydrogens (tertiary/aromatic N) is 1. The molecule has 2 aromatic rings. The molecule has 5 nitrogen and oxygen atoms in total.